The normalized spacial score (nSPS) is 9.31. The molecule has 0 aromatic heterocycles. The second kappa shape index (κ2) is 5.92. The Morgan fingerprint density at radius 1 is 1.44 bits per heavy atom. The van der Waals surface area contributed by atoms with Gasteiger partial charge in [0.15, 0.2) is 5.11 Å². The molecule has 86 valence electrons. The quantitative estimate of drug-likeness (QED) is 0.530. The van der Waals surface area contributed by atoms with Gasteiger partial charge in [-0.1, -0.05) is 18.2 Å². The van der Waals surface area contributed by atoms with Crippen LogP contribution in [0.15, 0.2) is 30.3 Å². The van der Waals surface area contributed by atoms with Gasteiger partial charge in [0.2, 0.25) is 0 Å². The average Bonchev–Trinajstić information content (AvgIpc) is 2.27. The first-order valence-corrected chi connectivity index (χ1v) is 5.25. The molecule has 0 bridgehead atoms. The molecule has 5 nitrogen and oxygen atoms in total. The summed E-state index contributed by atoms with van der Waals surface area (Å²) in [5.74, 6) is 0. The summed E-state index contributed by atoms with van der Waals surface area (Å²) in [6.07, 6.45) is 0. The maximum Gasteiger partial charge on any atom is 0.338 e. The Labute approximate surface area is 99.6 Å². The summed E-state index contributed by atoms with van der Waals surface area (Å²) in [7, 11) is 0. The van der Waals surface area contributed by atoms with E-state index < -0.39 is 6.03 Å². The SMILES string of the molecule is CCNC(=S)NN(C(N)=O)c1ccccc1. The zero-order valence-corrected chi connectivity index (χ0v) is 9.75. The van der Waals surface area contributed by atoms with Gasteiger partial charge in [-0.25, -0.2) is 9.80 Å². The minimum atomic E-state index is -0.619. The van der Waals surface area contributed by atoms with Crippen LogP contribution in [0.3, 0.4) is 0 Å². The molecule has 0 fully saturated rings. The van der Waals surface area contributed by atoms with E-state index in [1.165, 1.54) is 5.01 Å². The second-order valence-electron chi connectivity index (χ2n) is 2.98. The number of hydrazine groups is 1. The van der Waals surface area contributed by atoms with Crippen molar-refractivity contribution in [3.8, 4) is 0 Å². The van der Waals surface area contributed by atoms with Gasteiger partial charge in [-0.3, -0.25) is 5.43 Å². The minimum absolute atomic E-state index is 0.352. The van der Waals surface area contributed by atoms with E-state index in [4.69, 9.17) is 18.0 Å². The number of amides is 2. The van der Waals surface area contributed by atoms with Gasteiger partial charge in [0.05, 0.1) is 5.69 Å². The second-order valence-corrected chi connectivity index (χ2v) is 3.39. The van der Waals surface area contributed by atoms with Crippen LogP contribution in [0.5, 0.6) is 0 Å². The molecule has 0 saturated heterocycles. The smallest absolute Gasteiger partial charge is 0.338 e. The van der Waals surface area contributed by atoms with E-state index in [1.807, 2.05) is 25.1 Å². The molecule has 0 atom stereocenters. The van der Waals surface area contributed by atoms with Gasteiger partial charge in [-0.2, -0.15) is 0 Å². The number of hydrogen-bond donors (Lipinski definition) is 3. The topological polar surface area (TPSA) is 70.4 Å². The van der Waals surface area contributed by atoms with Crippen LogP contribution < -0.4 is 21.5 Å². The molecule has 0 saturated carbocycles. The summed E-state index contributed by atoms with van der Waals surface area (Å²) in [6.45, 7) is 2.58. The number of anilines is 1. The Morgan fingerprint density at radius 2 is 2.06 bits per heavy atom. The van der Waals surface area contributed by atoms with E-state index in [2.05, 4.69) is 10.7 Å². The molecule has 1 rings (SSSR count). The van der Waals surface area contributed by atoms with Crippen molar-refractivity contribution in [3.05, 3.63) is 30.3 Å². The van der Waals surface area contributed by atoms with Crippen LogP contribution >= 0.6 is 12.2 Å². The van der Waals surface area contributed by atoms with Crippen molar-refractivity contribution in [1.29, 1.82) is 0 Å². The fourth-order valence-electron chi connectivity index (χ4n) is 1.13. The molecule has 4 N–H and O–H groups in total. The lowest BCUT2D eigenvalue weighted by Gasteiger charge is -2.22. The number of benzene rings is 1. The van der Waals surface area contributed by atoms with Gasteiger partial charge in [0.1, 0.15) is 0 Å². The maximum atomic E-state index is 11.2. The molecular weight excluding hydrogens is 224 g/mol. The third-order valence-electron chi connectivity index (χ3n) is 1.79. The lowest BCUT2D eigenvalue weighted by Crippen LogP contribution is -2.52. The third-order valence-corrected chi connectivity index (χ3v) is 2.02. The van der Waals surface area contributed by atoms with Crippen LogP contribution in [0.4, 0.5) is 10.5 Å². The molecule has 16 heavy (non-hydrogen) atoms. The first kappa shape index (κ1) is 12.3. The number of para-hydroxylation sites is 1. The van der Waals surface area contributed by atoms with E-state index in [-0.39, 0.29) is 0 Å². The molecule has 1 aromatic carbocycles. The van der Waals surface area contributed by atoms with Crippen molar-refractivity contribution < 1.29 is 4.79 Å². The standard InChI is InChI=1S/C10H14N4OS/c1-2-12-10(16)13-14(9(11)15)8-6-4-3-5-7-8/h3-7H,2H2,1H3,(H2,11,15)(H2,12,13,16). The van der Waals surface area contributed by atoms with Gasteiger partial charge in [-0.05, 0) is 31.3 Å². The van der Waals surface area contributed by atoms with Gasteiger partial charge in [-0.15, -0.1) is 0 Å². The highest BCUT2D eigenvalue weighted by molar-refractivity contribution is 7.80. The molecule has 0 aliphatic carbocycles. The summed E-state index contributed by atoms with van der Waals surface area (Å²) in [6, 6.07) is 8.36. The summed E-state index contributed by atoms with van der Waals surface area (Å²) in [5.41, 5.74) is 8.60. The Kier molecular flexibility index (Phi) is 4.53. The monoisotopic (exact) mass is 238 g/mol. The van der Waals surface area contributed by atoms with Gasteiger partial charge in [0, 0.05) is 6.54 Å². The Bertz CT molecular complexity index is 368. The number of nitrogens with two attached hydrogens (primary N) is 1. The number of carbonyl (C=O) groups excluding carboxylic acids is 1. The van der Waals surface area contributed by atoms with Crippen LogP contribution in [0.25, 0.3) is 0 Å². The summed E-state index contributed by atoms with van der Waals surface area (Å²) < 4.78 is 0. The van der Waals surface area contributed by atoms with E-state index in [0.29, 0.717) is 17.3 Å². The molecule has 0 aliphatic heterocycles. The molecule has 0 spiro atoms. The van der Waals surface area contributed by atoms with Crippen LogP contribution in [-0.4, -0.2) is 17.7 Å². The van der Waals surface area contributed by atoms with Crippen molar-refractivity contribution >= 4 is 29.0 Å². The Balaban J connectivity index is 2.77. The summed E-state index contributed by atoms with van der Waals surface area (Å²) >= 11 is 4.98. The zero-order chi connectivity index (χ0) is 12.0. The zero-order valence-electron chi connectivity index (χ0n) is 8.93. The average molecular weight is 238 g/mol. The number of primary amides is 1. The molecule has 0 aliphatic rings. The molecule has 1 aromatic rings. The summed E-state index contributed by atoms with van der Waals surface area (Å²) in [5, 5.41) is 4.41. The predicted molar refractivity (Wildman–Crippen MR) is 67.9 cm³/mol. The van der Waals surface area contributed by atoms with Crippen molar-refractivity contribution in [2.45, 2.75) is 6.92 Å². The van der Waals surface area contributed by atoms with Crippen molar-refractivity contribution in [2.24, 2.45) is 5.73 Å². The number of thiocarbonyl (C=S) groups is 1. The van der Waals surface area contributed by atoms with E-state index in [9.17, 15) is 4.79 Å². The number of nitrogens with one attached hydrogen (secondary N) is 2. The number of hydrogen-bond acceptors (Lipinski definition) is 2. The minimum Gasteiger partial charge on any atom is -0.362 e. The van der Waals surface area contributed by atoms with Crippen molar-refractivity contribution in [3.63, 3.8) is 0 Å². The van der Waals surface area contributed by atoms with Crippen LogP contribution in [0.2, 0.25) is 0 Å². The maximum absolute atomic E-state index is 11.2. The Hall–Kier alpha value is -1.82. The molecular formula is C10H14N4OS. The van der Waals surface area contributed by atoms with Crippen molar-refractivity contribution in [1.82, 2.24) is 10.7 Å². The first-order chi connectivity index (χ1) is 7.65. The molecule has 0 unspecified atom stereocenters. The molecule has 0 radical (unpaired) electrons. The van der Waals surface area contributed by atoms with Crippen LogP contribution in [-0.2, 0) is 0 Å². The van der Waals surface area contributed by atoms with Crippen molar-refractivity contribution in [2.75, 3.05) is 11.6 Å². The fourth-order valence-corrected chi connectivity index (χ4v) is 1.36. The lowest BCUT2D eigenvalue weighted by atomic mass is 10.3. The highest BCUT2D eigenvalue weighted by Crippen LogP contribution is 2.10. The predicted octanol–water partition coefficient (Wildman–Crippen LogP) is 0.971. The number of carbonyl (C=O) groups is 1. The molecule has 0 heterocycles. The highest BCUT2D eigenvalue weighted by atomic mass is 32.1. The van der Waals surface area contributed by atoms with Gasteiger partial charge in [0.25, 0.3) is 0 Å². The largest absolute Gasteiger partial charge is 0.362 e. The van der Waals surface area contributed by atoms with Crippen LogP contribution in [0, 0.1) is 0 Å². The molecule has 6 heteroatoms. The van der Waals surface area contributed by atoms with Gasteiger partial charge < -0.3 is 11.1 Å². The number of nitrogens with zero attached hydrogens (tertiary/aromatic N) is 1. The summed E-state index contributed by atoms with van der Waals surface area (Å²) in [4.78, 5) is 11.2. The Morgan fingerprint density at radius 3 is 2.56 bits per heavy atom. The van der Waals surface area contributed by atoms with E-state index in [0.717, 1.165) is 0 Å². The fraction of sp³-hybridized carbons (Fsp3) is 0.200. The third kappa shape index (κ3) is 3.39. The van der Waals surface area contributed by atoms with Gasteiger partial charge >= 0.3 is 6.03 Å². The number of rotatable bonds is 2. The first-order valence-electron chi connectivity index (χ1n) is 4.84. The highest BCUT2D eigenvalue weighted by Gasteiger charge is 2.12. The van der Waals surface area contributed by atoms with E-state index >= 15 is 0 Å². The van der Waals surface area contributed by atoms with E-state index in [1.54, 1.807) is 12.1 Å². The lowest BCUT2D eigenvalue weighted by molar-refractivity contribution is 0.253. The number of urea groups is 1. The molecule has 2 amide bonds. The van der Waals surface area contributed by atoms with Crippen LogP contribution in [0.1, 0.15) is 6.92 Å².